The van der Waals surface area contributed by atoms with Gasteiger partial charge in [0.15, 0.2) is 0 Å². The van der Waals surface area contributed by atoms with Crippen molar-refractivity contribution in [2.75, 3.05) is 6.54 Å². The van der Waals surface area contributed by atoms with Gasteiger partial charge in [-0.15, -0.1) is 24.8 Å². The number of halogens is 3. The molecule has 0 aliphatic heterocycles. The highest BCUT2D eigenvalue weighted by molar-refractivity contribution is 5.85. The molecule has 0 amide bonds. The van der Waals surface area contributed by atoms with E-state index in [-0.39, 0.29) is 36.7 Å². The van der Waals surface area contributed by atoms with E-state index in [1.165, 1.54) is 12.1 Å². The van der Waals surface area contributed by atoms with E-state index in [9.17, 15) is 4.39 Å². The molecule has 0 radical (unpaired) electrons. The van der Waals surface area contributed by atoms with Crippen molar-refractivity contribution in [3.05, 3.63) is 35.6 Å². The topological polar surface area (TPSA) is 52.0 Å². The first-order valence-electron chi connectivity index (χ1n) is 3.92. The molecular weight excluding hydrogens is 226 g/mol. The van der Waals surface area contributed by atoms with Crippen molar-refractivity contribution in [1.29, 1.82) is 0 Å². The molecule has 1 rings (SSSR count). The van der Waals surface area contributed by atoms with Gasteiger partial charge in [-0.3, -0.25) is 0 Å². The molecule has 0 heterocycles. The van der Waals surface area contributed by atoms with Gasteiger partial charge < -0.3 is 11.5 Å². The molecule has 0 saturated heterocycles. The number of benzene rings is 1. The molecule has 1 aromatic rings. The molecule has 82 valence electrons. The maximum absolute atomic E-state index is 12.5. The van der Waals surface area contributed by atoms with E-state index in [4.69, 9.17) is 11.5 Å². The number of nitrogens with two attached hydrogens (primary N) is 2. The van der Waals surface area contributed by atoms with Gasteiger partial charge in [0, 0.05) is 12.6 Å². The third kappa shape index (κ3) is 5.40. The summed E-state index contributed by atoms with van der Waals surface area (Å²) in [5, 5.41) is 0. The Morgan fingerprint density at radius 1 is 1.14 bits per heavy atom. The number of hydrogen-bond donors (Lipinski definition) is 2. The van der Waals surface area contributed by atoms with Gasteiger partial charge >= 0.3 is 0 Å². The molecule has 2 nitrogen and oxygen atoms in total. The molecular formula is C9H15Cl2FN2. The summed E-state index contributed by atoms with van der Waals surface area (Å²) in [6, 6.07) is 6.28. The fourth-order valence-corrected chi connectivity index (χ4v) is 1.01. The first-order valence-corrected chi connectivity index (χ1v) is 3.92. The largest absolute Gasteiger partial charge is 0.329 e. The van der Waals surface area contributed by atoms with Crippen LogP contribution in [0.1, 0.15) is 5.56 Å². The fraction of sp³-hybridized carbons (Fsp3) is 0.333. The molecule has 1 atom stereocenters. The van der Waals surface area contributed by atoms with Gasteiger partial charge in [0.25, 0.3) is 0 Å². The van der Waals surface area contributed by atoms with Crippen LogP contribution in [-0.2, 0) is 6.42 Å². The summed E-state index contributed by atoms with van der Waals surface area (Å²) in [6.07, 6.45) is 0.705. The summed E-state index contributed by atoms with van der Waals surface area (Å²) >= 11 is 0. The second-order valence-corrected chi connectivity index (χ2v) is 2.83. The lowest BCUT2D eigenvalue weighted by molar-refractivity contribution is 0.624. The molecule has 1 unspecified atom stereocenters. The average Bonchev–Trinajstić information content (AvgIpc) is 2.09. The molecule has 0 aliphatic carbocycles. The van der Waals surface area contributed by atoms with Crippen molar-refractivity contribution in [2.24, 2.45) is 11.5 Å². The van der Waals surface area contributed by atoms with Gasteiger partial charge in [-0.2, -0.15) is 0 Å². The molecule has 0 aromatic heterocycles. The Bertz CT molecular complexity index is 241. The summed E-state index contributed by atoms with van der Waals surface area (Å²) in [5.74, 6) is -0.222. The van der Waals surface area contributed by atoms with E-state index in [2.05, 4.69) is 0 Å². The van der Waals surface area contributed by atoms with Crippen molar-refractivity contribution < 1.29 is 4.39 Å². The smallest absolute Gasteiger partial charge is 0.123 e. The van der Waals surface area contributed by atoms with Gasteiger partial charge in [-0.05, 0) is 24.1 Å². The molecule has 14 heavy (non-hydrogen) atoms. The summed E-state index contributed by atoms with van der Waals surface area (Å²) in [4.78, 5) is 0. The Morgan fingerprint density at radius 3 is 2.07 bits per heavy atom. The first kappa shape index (κ1) is 16.1. The minimum Gasteiger partial charge on any atom is -0.329 e. The highest BCUT2D eigenvalue weighted by atomic mass is 35.5. The minimum absolute atomic E-state index is 0. The van der Waals surface area contributed by atoms with Crippen LogP contribution in [0.25, 0.3) is 0 Å². The predicted molar refractivity (Wildman–Crippen MR) is 61.6 cm³/mol. The van der Waals surface area contributed by atoms with Gasteiger partial charge in [0.1, 0.15) is 5.82 Å². The zero-order chi connectivity index (χ0) is 8.97. The Kier molecular flexibility index (Phi) is 9.20. The zero-order valence-electron chi connectivity index (χ0n) is 7.65. The van der Waals surface area contributed by atoms with Crippen molar-refractivity contribution in [3.8, 4) is 0 Å². The van der Waals surface area contributed by atoms with E-state index in [1.54, 1.807) is 12.1 Å². The number of rotatable bonds is 3. The van der Waals surface area contributed by atoms with Crippen LogP contribution in [0.4, 0.5) is 4.39 Å². The molecule has 0 bridgehead atoms. The lowest BCUT2D eigenvalue weighted by Gasteiger charge is -2.07. The SMILES string of the molecule is Cl.Cl.NCC(N)Cc1ccc(F)cc1. The molecule has 5 heteroatoms. The molecule has 0 spiro atoms. The van der Waals surface area contributed by atoms with Crippen molar-refractivity contribution in [1.82, 2.24) is 0 Å². The van der Waals surface area contributed by atoms with Crippen LogP contribution in [-0.4, -0.2) is 12.6 Å². The van der Waals surface area contributed by atoms with Crippen LogP contribution in [0, 0.1) is 5.82 Å². The Hall–Kier alpha value is -0.350. The molecule has 4 N–H and O–H groups in total. The lowest BCUT2D eigenvalue weighted by atomic mass is 10.1. The maximum Gasteiger partial charge on any atom is 0.123 e. The Labute approximate surface area is 95.7 Å². The van der Waals surface area contributed by atoms with E-state index >= 15 is 0 Å². The third-order valence-electron chi connectivity index (χ3n) is 1.71. The van der Waals surface area contributed by atoms with Crippen molar-refractivity contribution in [3.63, 3.8) is 0 Å². The molecule has 1 aromatic carbocycles. The number of hydrogen-bond acceptors (Lipinski definition) is 2. The minimum atomic E-state index is -0.222. The van der Waals surface area contributed by atoms with Crippen LogP contribution in [0.2, 0.25) is 0 Å². The van der Waals surface area contributed by atoms with Crippen molar-refractivity contribution in [2.45, 2.75) is 12.5 Å². The first-order chi connectivity index (χ1) is 5.72. The highest BCUT2D eigenvalue weighted by Gasteiger charge is 2.00. The highest BCUT2D eigenvalue weighted by Crippen LogP contribution is 2.04. The van der Waals surface area contributed by atoms with Gasteiger partial charge in [-0.1, -0.05) is 12.1 Å². The normalized spacial score (nSPS) is 11.1. The second-order valence-electron chi connectivity index (χ2n) is 2.83. The Morgan fingerprint density at radius 2 is 1.64 bits per heavy atom. The van der Waals surface area contributed by atoms with E-state index in [0.29, 0.717) is 13.0 Å². The quantitative estimate of drug-likeness (QED) is 0.842. The predicted octanol–water partition coefficient (Wildman–Crippen LogP) is 1.50. The van der Waals surface area contributed by atoms with E-state index in [0.717, 1.165) is 5.56 Å². The standard InChI is InChI=1S/C9H13FN2.2ClH/c10-8-3-1-7(2-4-8)5-9(12)6-11;;/h1-4,9H,5-6,11-12H2;2*1H. The van der Waals surface area contributed by atoms with Crippen molar-refractivity contribution >= 4 is 24.8 Å². The van der Waals surface area contributed by atoms with E-state index in [1.807, 2.05) is 0 Å². The third-order valence-corrected chi connectivity index (χ3v) is 1.71. The van der Waals surface area contributed by atoms with Crippen LogP contribution in [0.5, 0.6) is 0 Å². The summed E-state index contributed by atoms with van der Waals surface area (Å²) in [7, 11) is 0. The molecule has 0 saturated carbocycles. The van der Waals surface area contributed by atoms with Gasteiger partial charge in [-0.25, -0.2) is 4.39 Å². The van der Waals surface area contributed by atoms with Gasteiger partial charge in [0.2, 0.25) is 0 Å². The maximum atomic E-state index is 12.5. The summed E-state index contributed by atoms with van der Waals surface area (Å²) in [6.45, 7) is 0.456. The van der Waals surface area contributed by atoms with Crippen LogP contribution in [0.3, 0.4) is 0 Å². The van der Waals surface area contributed by atoms with Crippen LogP contribution < -0.4 is 11.5 Å². The van der Waals surface area contributed by atoms with E-state index < -0.39 is 0 Å². The van der Waals surface area contributed by atoms with Crippen LogP contribution in [0.15, 0.2) is 24.3 Å². The van der Waals surface area contributed by atoms with Crippen LogP contribution >= 0.6 is 24.8 Å². The lowest BCUT2D eigenvalue weighted by Crippen LogP contribution is -2.31. The summed E-state index contributed by atoms with van der Waals surface area (Å²) in [5.41, 5.74) is 12.0. The van der Waals surface area contributed by atoms with Gasteiger partial charge in [0.05, 0.1) is 0 Å². The molecule has 0 aliphatic rings. The monoisotopic (exact) mass is 240 g/mol. The fourth-order valence-electron chi connectivity index (χ4n) is 1.01. The average molecular weight is 241 g/mol. The zero-order valence-corrected chi connectivity index (χ0v) is 9.28. The second kappa shape index (κ2) is 8.00. The molecule has 0 fully saturated rings. The summed E-state index contributed by atoms with van der Waals surface area (Å²) < 4.78 is 12.5. The Balaban J connectivity index is 0.